The minimum absolute atomic E-state index is 0.0105. The largest absolute Gasteiger partial charge is 0.510 e. The van der Waals surface area contributed by atoms with Crippen molar-refractivity contribution < 1.29 is 23.8 Å². The molecule has 1 rings (SSSR count). The van der Waals surface area contributed by atoms with Crippen LogP contribution in [-0.4, -0.2) is 45.4 Å². The molecule has 106 valence electrons. The Balaban J connectivity index is 2.44. The Morgan fingerprint density at radius 1 is 1.42 bits per heavy atom. The van der Waals surface area contributed by atoms with Gasteiger partial charge in [0, 0.05) is 0 Å². The van der Waals surface area contributed by atoms with Crippen LogP contribution in [-0.2, 0) is 25.6 Å². The average Bonchev–Trinajstić information content (AvgIpc) is 2.77. The lowest BCUT2D eigenvalue weighted by Gasteiger charge is -2.10. The van der Waals surface area contributed by atoms with Gasteiger partial charge in [-0.2, -0.15) is 0 Å². The Labute approximate surface area is 109 Å². The molecule has 0 radical (unpaired) electrons. The standard InChI is InChI=1S/C10H16N4O5/c1-4-18-10(16)19-8(3)14-12-9(11-13-14)6-17-5-7(2)15/h8H,4-6H2,1-3H3/t8-/m1/s1. The second-order valence-corrected chi connectivity index (χ2v) is 3.62. The minimum atomic E-state index is -0.804. The van der Waals surface area contributed by atoms with E-state index >= 15 is 0 Å². The molecular weight excluding hydrogens is 256 g/mol. The van der Waals surface area contributed by atoms with Gasteiger partial charge in [-0.25, -0.2) is 4.79 Å². The van der Waals surface area contributed by atoms with Crippen molar-refractivity contribution >= 4 is 11.9 Å². The molecule has 1 atom stereocenters. The third kappa shape index (κ3) is 5.42. The molecule has 0 aromatic carbocycles. The predicted molar refractivity (Wildman–Crippen MR) is 61.0 cm³/mol. The summed E-state index contributed by atoms with van der Waals surface area (Å²) in [6.07, 6.45) is -1.55. The molecule has 0 spiro atoms. The fourth-order valence-electron chi connectivity index (χ4n) is 1.09. The van der Waals surface area contributed by atoms with E-state index in [2.05, 4.69) is 20.1 Å². The quantitative estimate of drug-likeness (QED) is 0.659. The van der Waals surface area contributed by atoms with Crippen molar-refractivity contribution in [2.24, 2.45) is 0 Å². The average molecular weight is 272 g/mol. The monoisotopic (exact) mass is 272 g/mol. The van der Waals surface area contributed by atoms with Crippen molar-refractivity contribution in [3.8, 4) is 0 Å². The van der Waals surface area contributed by atoms with Gasteiger partial charge in [-0.05, 0) is 26.0 Å². The summed E-state index contributed by atoms with van der Waals surface area (Å²) in [6, 6.07) is 0. The lowest BCUT2D eigenvalue weighted by Crippen LogP contribution is -2.18. The van der Waals surface area contributed by atoms with Crippen molar-refractivity contribution in [1.82, 2.24) is 20.2 Å². The van der Waals surface area contributed by atoms with Gasteiger partial charge < -0.3 is 14.2 Å². The first-order chi connectivity index (χ1) is 9.02. The van der Waals surface area contributed by atoms with Crippen LogP contribution in [0.5, 0.6) is 0 Å². The molecule has 0 aliphatic heterocycles. The first-order valence-corrected chi connectivity index (χ1v) is 5.72. The van der Waals surface area contributed by atoms with Gasteiger partial charge in [0.2, 0.25) is 12.1 Å². The number of aromatic nitrogens is 4. The zero-order valence-electron chi connectivity index (χ0n) is 11.0. The normalized spacial score (nSPS) is 11.9. The molecule has 9 heteroatoms. The van der Waals surface area contributed by atoms with E-state index < -0.39 is 12.4 Å². The Morgan fingerprint density at radius 3 is 2.79 bits per heavy atom. The maximum absolute atomic E-state index is 11.1. The van der Waals surface area contributed by atoms with E-state index in [9.17, 15) is 9.59 Å². The number of ketones is 1. The van der Waals surface area contributed by atoms with Crippen molar-refractivity contribution in [2.75, 3.05) is 13.2 Å². The van der Waals surface area contributed by atoms with Crippen LogP contribution >= 0.6 is 0 Å². The van der Waals surface area contributed by atoms with Crippen LogP contribution < -0.4 is 0 Å². The first-order valence-electron chi connectivity index (χ1n) is 5.72. The Hall–Kier alpha value is -2.03. The summed E-state index contributed by atoms with van der Waals surface area (Å²) >= 11 is 0. The van der Waals surface area contributed by atoms with Crippen molar-refractivity contribution in [3.05, 3.63) is 5.82 Å². The summed E-state index contributed by atoms with van der Waals surface area (Å²) in [4.78, 5) is 22.9. The SMILES string of the molecule is CCOC(=O)O[C@H](C)n1nnc(COCC(C)=O)n1. The number of ether oxygens (including phenoxy) is 3. The molecule has 0 aliphatic rings. The molecule has 9 nitrogen and oxygen atoms in total. The van der Waals surface area contributed by atoms with E-state index in [4.69, 9.17) is 9.47 Å². The number of carbonyl (C=O) groups is 2. The molecule has 0 saturated heterocycles. The topological polar surface area (TPSA) is 105 Å². The van der Waals surface area contributed by atoms with Crippen molar-refractivity contribution in [1.29, 1.82) is 0 Å². The lowest BCUT2D eigenvalue weighted by atomic mass is 10.5. The van der Waals surface area contributed by atoms with Gasteiger partial charge >= 0.3 is 6.16 Å². The number of Topliss-reactive ketones (excluding diaryl/α,β-unsaturated/α-hetero) is 1. The zero-order valence-corrected chi connectivity index (χ0v) is 11.0. The van der Waals surface area contributed by atoms with E-state index in [0.717, 1.165) is 4.80 Å². The predicted octanol–water partition coefficient (Wildman–Crippen LogP) is 0.470. The Kier molecular flexibility index (Phi) is 5.86. The van der Waals surface area contributed by atoms with Crippen LogP contribution in [0.2, 0.25) is 0 Å². The highest BCUT2D eigenvalue weighted by molar-refractivity contribution is 5.76. The van der Waals surface area contributed by atoms with E-state index in [1.165, 1.54) is 6.92 Å². The van der Waals surface area contributed by atoms with E-state index in [-0.39, 0.29) is 25.6 Å². The van der Waals surface area contributed by atoms with Gasteiger partial charge in [-0.1, -0.05) is 0 Å². The van der Waals surface area contributed by atoms with Gasteiger partial charge in [0.05, 0.1) is 6.61 Å². The number of hydrogen-bond acceptors (Lipinski definition) is 8. The molecule has 0 fully saturated rings. The number of nitrogens with zero attached hydrogens (tertiary/aromatic N) is 4. The van der Waals surface area contributed by atoms with Gasteiger partial charge in [0.25, 0.3) is 0 Å². The highest BCUT2D eigenvalue weighted by Gasteiger charge is 2.15. The second-order valence-electron chi connectivity index (χ2n) is 3.62. The molecule has 19 heavy (non-hydrogen) atoms. The molecule has 1 aromatic heterocycles. The third-order valence-corrected chi connectivity index (χ3v) is 1.86. The first kappa shape index (κ1) is 15.0. The van der Waals surface area contributed by atoms with Crippen molar-refractivity contribution in [3.63, 3.8) is 0 Å². The van der Waals surface area contributed by atoms with Crippen LogP contribution in [0, 0.1) is 0 Å². The van der Waals surface area contributed by atoms with Gasteiger partial charge in [-0.15, -0.1) is 15.0 Å². The molecule has 0 aliphatic carbocycles. The van der Waals surface area contributed by atoms with Gasteiger partial charge in [0.15, 0.2) is 5.78 Å². The van der Waals surface area contributed by atoms with Crippen LogP contribution in [0.1, 0.15) is 32.8 Å². The van der Waals surface area contributed by atoms with E-state index in [1.807, 2.05) is 0 Å². The maximum Gasteiger partial charge on any atom is 0.510 e. The van der Waals surface area contributed by atoms with Crippen molar-refractivity contribution in [2.45, 2.75) is 33.6 Å². The molecule has 1 heterocycles. The molecular formula is C10H16N4O5. The fraction of sp³-hybridized carbons (Fsp3) is 0.700. The molecule has 0 N–H and O–H groups in total. The number of tetrazole rings is 1. The van der Waals surface area contributed by atoms with Crippen LogP contribution in [0.3, 0.4) is 0 Å². The molecule has 1 aromatic rings. The van der Waals surface area contributed by atoms with E-state index in [0.29, 0.717) is 5.82 Å². The van der Waals surface area contributed by atoms with E-state index in [1.54, 1.807) is 13.8 Å². The Morgan fingerprint density at radius 2 is 2.16 bits per heavy atom. The van der Waals surface area contributed by atoms with Crippen LogP contribution in [0.25, 0.3) is 0 Å². The molecule has 0 unspecified atom stereocenters. The summed E-state index contributed by atoms with van der Waals surface area (Å²) in [5, 5.41) is 11.4. The number of rotatable bonds is 7. The molecule has 0 bridgehead atoms. The van der Waals surface area contributed by atoms with Crippen LogP contribution in [0.15, 0.2) is 0 Å². The second kappa shape index (κ2) is 7.41. The smallest absolute Gasteiger partial charge is 0.435 e. The van der Waals surface area contributed by atoms with Gasteiger partial charge in [0.1, 0.15) is 13.2 Å². The maximum atomic E-state index is 11.1. The highest BCUT2D eigenvalue weighted by Crippen LogP contribution is 2.05. The fourth-order valence-corrected chi connectivity index (χ4v) is 1.09. The number of hydrogen-bond donors (Lipinski definition) is 0. The minimum Gasteiger partial charge on any atom is -0.435 e. The lowest BCUT2D eigenvalue weighted by molar-refractivity contribution is -0.121. The molecule has 0 amide bonds. The Bertz CT molecular complexity index is 433. The van der Waals surface area contributed by atoms with Gasteiger partial charge in [-0.3, -0.25) is 4.79 Å². The highest BCUT2D eigenvalue weighted by atomic mass is 16.7. The summed E-state index contributed by atoms with van der Waals surface area (Å²) < 4.78 is 14.5. The third-order valence-electron chi connectivity index (χ3n) is 1.86. The summed E-state index contributed by atoms with van der Waals surface area (Å²) in [6.45, 7) is 4.93. The summed E-state index contributed by atoms with van der Waals surface area (Å²) in [7, 11) is 0. The summed E-state index contributed by atoms with van der Waals surface area (Å²) in [5.41, 5.74) is 0. The summed E-state index contributed by atoms with van der Waals surface area (Å²) in [5.74, 6) is 0.201. The molecule has 0 saturated carbocycles. The zero-order chi connectivity index (χ0) is 14.3. The number of carbonyl (C=O) groups excluding carboxylic acids is 2. The van der Waals surface area contributed by atoms with Crippen LogP contribution in [0.4, 0.5) is 4.79 Å².